The van der Waals surface area contributed by atoms with Gasteiger partial charge in [0, 0.05) is 6.54 Å². The zero-order valence-electron chi connectivity index (χ0n) is 18.8. The Hall–Kier alpha value is -3.42. The van der Waals surface area contributed by atoms with Crippen LogP contribution in [0.25, 0.3) is 0 Å². The Morgan fingerprint density at radius 2 is 1.05 bits per heavy atom. The Balaban J connectivity index is 2.63. The number of ether oxygens (including phenoxy) is 2. The fourth-order valence-corrected chi connectivity index (χ4v) is 3.12. The van der Waals surface area contributed by atoms with Gasteiger partial charge in [-0.05, 0) is 36.6 Å². The first kappa shape index (κ1) is 32.8. The number of fused-ring (bicyclic) bond motifs is 1. The van der Waals surface area contributed by atoms with Gasteiger partial charge >= 0.3 is 54.1 Å². The van der Waals surface area contributed by atoms with Crippen molar-refractivity contribution in [3.05, 3.63) is 23.3 Å². The minimum Gasteiger partial charge on any atom is -0.418 e. The Bertz CT molecular complexity index is 1190. The maximum atomic E-state index is 13.6. The van der Waals surface area contributed by atoms with Gasteiger partial charge in [0.1, 0.15) is 0 Å². The van der Waals surface area contributed by atoms with Crippen LogP contribution in [0, 0.1) is 0 Å². The van der Waals surface area contributed by atoms with Gasteiger partial charge in [0.2, 0.25) is 0 Å². The summed E-state index contributed by atoms with van der Waals surface area (Å²) in [6, 6.07) is -1.72. The molecule has 0 saturated carbocycles. The Morgan fingerprint density at radius 3 is 1.43 bits per heavy atom. The van der Waals surface area contributed by atoms with Crippen LogP contribution in [0.4, 0.5) is 65.9 Å². The van der Waals surface area contributed by atoms with Gasteiger partial charge in [-0.1, -0.05) is 0 Å². The molecule has 0 unspecified atom stereocenters. The largest absolute Gasteiger partial charge is 0.465 e. The summed E-state index contributed by atoms with van der Waals surface area (Å²) in [5.74, 6) is -32.2. The van der Waals surface area contributed by atoms with Gasteiger partial charge in [-0.3, -0.25) is 4.79 Å². The molecule has 1 amide bonds. The first-order valence-electron chi connectivity index (χ1n) is 9.94. The molecule has 1 heterocycles. The predicted octanol–water partition coefficient (Wildman–Crippen LogP) is 5.54. The maximum absolute atomic E-state index is 13.6. The van der Waals surface area contributed by atoms with Crippen molar-refractivity contribution < 1.29 is 89.7 Å². The summed E-state index contributed by atoms with van der Waals surface area (Å²) in [7, 11) is 0. The molecule has 0 saturated heterocycles. The van der Waals surface area contributed by atoms with E-state index in [9.17, 15) is 80.2 Å². The summed E-state index contributed by atoms with van der Waals surface area (Å²) in [6.45, 7) is -0.308. The average molecular weight is 617 g/mol. The third-order valence-corrected chi connectivity index (χ3v) is 5.26. The van der Waals surface area contributed by atoms with Crippen LogP contribution in [0.5, 0.6) is 11.5 Å². The SMILES string of the molecule is C[C@H]1c2cc(OC(=O)C(F)(F)C(F)(F)F)c(OC(=O)C(F)(F)C(F)(F)F)cc2CCN1C(=O)C(F)(F)C(F)(F)F. The molecule has 1 atom stereocenters. The third-order valence-electron chi connectivity index (χ3n) is 5.26. The number of hydrogen-bond donors (Lipinski definition) is 0. The van der Waals surface area contributed by atoms with Crippen LogP contribution in [0.1, 0.15) is 24.1 Å². The van der Waals surface area contributed by atoms with E-state index in [0.717, 1.165) is 0 Å². The van der Waals surface area contributed by atoms with Crippen LogP contribution in [-0.4, -0.2) is 65.6 Å². The number of carbonyl (C=O) groups is 3. The lowest BCUT2D eigenvalue weighted by Crippen LogP contribution is -2.54. The molecule has 1 aliphatic heterocycles. The van der Waals surface area contributed by atoms with E-state index < -0.39 is 95.8 Å². The maximum Gasteiger partial charge on any atom is 0.465 e. The Morgan fingerprint density at radius 1 is 0.675 bits per heavy atom. The van der Waals surface area contributed by atoms with Crippen LogP contribution >= 0.6 is 0 Å². The van der Waals surface area contributed by atoms with Gasteiger partial charge in [-0.2, -0.15) is 65.9 Å². The molecule has 0 N–H and O–H groups in total. The first-order valence-corrected chi connectivity index (χ1v) is 9.94. The normalized spacial score (nSPS) is 17.3. The Kier molecular flexibility index (Phi) is 8.11. The van der Waals surface area contributed by atoms with Gasteiger partial charge in [0.05, 0.1) is 6.04 Å². The third kappa shape index (κ3) is 5.72. The summed E-state index contributed by atoms with van der Waals surface area (Å²) in [5.41, 5.74) is -1.22. The molecule has 0 spiro atoms. The molecule has 0 aliphatic carbocycles. The van der Waals surface area contributed by atoms with Crippen molar-refractivity contribution in [2.24, 2.45) is 0 Å². The standard InChI is InChI=1S/C19H10F15NO5/c1-6-8-5-10(40-13(38)16(24,25)19(32,33)34)9(39-12(37)15(22,23)18(29,30)31)4-7(8)2-3-35(6)11(36)14(20,21)17(26,27)28/h4-6H,2-3H2,1H3/t6-/m0/s1. The van der Waals surface area contributed by atoms with Gasteiger partial charge in [-0.25, -0.2) is 9.59 Å². The number of hydrogen-bond acceptors (Lipinski definition) is 5. The number of halogens is 15. The summed E-state index contributed by atoms with van der Waals surface area (Å²) in [5, 5.41) is 0. The smallest absolute Gasteiger partial charge is 0.418 e. The van der Waals surface area contributed by atoms with Crippen molar-refractivity contribution in [2.75, 3.05) is 6.54 Å². The predicted molar refractivity (Wildman–Crippen MR) is 94.6 cm³/mol. The number of benzene rings is 1. The van der Waals surface area contributed by atoms with Crippen molar-refractivity contribution in [3.8, 4) is 11.5 Å². The summed E-state index contributed by atoms with van der Waals surface area (Å²) >= 11 is 0. The number of amides is 1. The number of alkyl halides is 15. The van der Waals surface area contributed by atoms with Gasteiger partial charge in [-0.15, -0.1) is 0 Å². The fourth-order valence-electron chi connectivity index (χ4n) is 3.12. The van der Waals surface area contributed by atoms with E-state index in [2.05, 4.69) is 9.47 Å². The van der Waals surface area contributed by atoms with Crippen LogP contribution in [0.2, 0.25) is 0 Å². The highest BCUT2D eigenvalue weighted by Gasteiger charge is 2.67. The van der Waals surface area contributed by atoms with E-state index in [1.165, 1.54) is 0 Å². The zero-order chi connectivity index (χ0) is 31.4. The lowest BCUT2D eigenvalue weighted by atomic mass is 9.92. The van der Waals surface area contributed by atoms with Crippen molar-refractivity contribution in [3.63, 3.8) is 0 Å². The summed E-state index contributed by atoms with van der Waals surface area (Å²) in [6.07, 6.45) is -20.5. The van der Waals surface area contributed by atoms with Gasteiger partial charge in [0.15, 0.2) is 11.5 Å². The molecule has 0 aromatic heterocycles. The molecule has 1 aromatic carbocycles. The van der Waals surface area contributed by atoms with Crippen molar-refractivity contribution in [2.45, 2.75) is 55.7 Å². The van der Waals surface area contributed by atoms with E-state index in [0.29, 0.717) is 6.92 Å². The topological polar surface area (TPSA) is 72.9 Å². The molecule has 0 fully saturated rings. The monoisotopic (exact) mass is 617 g/mol. The Labute approximate surface area is 210 Å². The van der Waals surface area contributed by atoms with E-state index >= 15 is 0 Å². The second-order valence-corrected chi connectivity index (χ2v) is 7.92. The average Bonchev–Trinajstić information content (AvgIpc) is 2.77. The molecule has 21 heteroatoms. The molecular formula is C19H10F15NO5. The highest BCUT2D eigenvalue weighted by molar-refractivity contribution is 5.86. The second-order valence-electron chi connectivity index (χ2n) is 7.92. The molecule has 1 aliphatic rings. The summed E-state index contributed by atoms with van der Waals surface area (Å²) < 4.78 is 201. The zero-order valence-corrected chi connectivity index (χ0v) is 18.8. The summed E-state index contributed by atoms with van der Waals surface area (Å²) in [4.78, 5) is 34.7. The van der Waals surface area contributed by atoms with E-state index in [1.54, 1.807) is 0 Å². The molecular weight excluding hydrogens is 607 g/mol. The van der Waals surface area contributed by atoms with Crippen LogP contribution in [0.3, 0.4) is 0 Å². The highest BCUT2D eigenvalue weighted by Crippen LogP contribution is 2.45. The number of esters is 2. The van der Waals surface area contributed by atoms with Crippen LogP contribution in [-0.2, 0) is 20.8 Å². The molecule has 0 bridgehead atoms. The quantitative estimate of drug-likeness (QED) is 0.247. The molecule has 2 rings (SSSR count). The van der Waals surface area contributed by atoms with Gasteiger partial charge in [0.25, 0.3) is 0 Å². The minimum absolute atomic E-state index is 0.0455. The van der Waals surface area contributed by atoms with Crippen LogP contribution in [0.15, 0.2) is 12.1 Å². The van der Waals surface area contributed by atoms with E-state index in [4.69, 9.17) is 0 Å². The molecule has 0 radical (unpaired) electrons. The van der Waals surface area contributed by atoms with Crippen molar-refractivity contribution in [1.82, 2.24) is 4.90 Å². The van der Waals surface area contributed by atoms with Crippen molar-refractivity contribution in [1.29, 1.82) is 0 Å². The molecule has 6 nitrogen and oxygen atoms in total. The molecule has 1 aromatic rings. The van der Waals surface area contributed by atoms with Crippen LogP contribution < -0.4 is 9.47 Å². The van der Waals surface area contributed by atoms with E-state index in [-0.39, 0.29) is 17.0 Å². The fraction of sp³-hybridized carbons (Fsp3) is 0.526. The molecule has 226 valence electrons. The minimum atomic E-state index is -6.65. The molecule has 40 heavy (non-hydrogen) atoms. The van der Waals surface area contributed by atoms with Gasteiger partial charge < -0.3 is 14.4 Å². The number of rotatable bonds is 5. The number of nitrogens with zero attached hydrogens (tertiary/aromatic N) is 1. The first-order chi connectivity index (χ1) is 17.7. The lowest BCUT2D eigenvalue weighted by molar-refractivity contribution is -0.277. The second kappa shape index (κ2) is 9.89. The van der Waals surface area contributed by atoms with Crippen molar-refractivity contribution >= 4 is 17.8 Å². The highest BCUT2D eigenvalue weighted by atomic mass is 19.4. The lowest BCUT2D eigenvalue weighted by Gasteiger charge is -2.37. The van der Waals surface area contributed by atoms with E-state index in [1.807, 2.05) is 0 Å². The number of carbonyl (C=O) groups excluding carboxylic acids is 3.